The molecule has 0 aliphatic heterocycles. The summed E-state index contributed by atoms with van der Waals surface area (Å²) in [5.41, 5.74) is 0. The van der Waals surface area contributed by atoms with Gasteiger partial charge in [-0.05, 0) is 30.8 Å². The van der Waals surface area contributed by atoms with Gasteiger partial charge in [0, 0.05) is 0 Å². The molecule has 6 heteroatoms. The normalized spacial score (nSPS) is 10.9. The minimum atomic E-state index is 0.725. The minimum Gasteiger partial charge on any atom is -0.290 e. The zero-order valence-electron chi connectivity index (χ0n) is 6.85. The second-order valence-corrected chi connectivity index (χ2v) is 3.16. The first-order chi connectivity index (χ1) is 5.24. The number of hydrogen-bond donors (Lipinski definition) is 0. The minimum absolute atomic E-state index is 0.725. The van der Waals surface area contributed by atoms with E-state index in [1.54, 1.807) is 16.4 Å². The Balaban J connectivity index is 2.68. The van der Waals surface area contributed by atoms with Gasteiger partial charge >= 0.3 is 0 Å². The molecule has 0 saturated heterocycles. The van der Waals surface area contributed by atoms with E-state index in [2.05, 4.69) is 15.5 Å². The van der Waals surface area contributed by atoms with Crippen molar-refractivity contribution in [3.8, 4) is 0 Å². The summed E-state index contributed by atoms with van der Waals surface area (Å²) in [6.07, 6.45) is 1.96. The molecule has 0 aliphatic rings. The Morgan fingerprint density at radius 1 is 1.55 bits per heavy atom. The molecule has 62 valence electrons. The number of hydrogen-bond acceptors (Lipinski definition) is 5. The lowest BCUT2D eigenvalue weighted by Crippen LogP contribution is -2.18. The lowest BCUT2D eigenvalue weighted by atomic mass is 10.9. The Hall–Kier alpha value is -0.620. The van der Waals surface area contributed by atoms with Gasteiger partial charge in [0.1, 0.15) is 0 Å². The fraction of sp³-hybridized carbons (Fsp3) is 0.800. The fourth-order valence-corrected chi connectivity index (χ4v) is 1.12. The standard InChI is InChI=1S/C5H11N5S/c1-9(2)4-10-5(11-3)6-7-8-10/h4H2,1-3H3. The van der Waals surface area contributed by atoms with Crippen LogP contribution in [0.1, 0.15) is 0 Å². The van der Waals surface area contributed by atoms with Crippen LogP contribution in [-0.4, -0.2) is 45.5 Å². The van der Waals surface area contributed by atoms with Crippen molar-refractivity contribution in [2.75, 3.05) is 20.4 Å². The number of tetrazole rings is 1. The Kier molecular flexibility index (Phi) is 2.84. The van der Waals surface area contributed by atoms with Gasteiger partial charge in [-0.3, -0.25) is 4.90 Å². The molecule has 0 aliphatic carbocycles. The monoisotopic (exact) mass is 173 g/mol. The summed E-state index contributed by atoms with van der Waals surface area (Å²) in [5, 5.41) is 12.1. The van der Waals surface area contributed by atoms with Gasteiger partial charge in [0.15, 0.2) is 0 Å². The van der Waals surface area contributed by atoms with Crippen LogP contribution in [0.2, 0.25) is 0 Å². The van der Waals surface area contributed by atoms with Crippen molar-refractivity contribution in [3.05, 3.63) is 0 Å². The van der Waals surface area contributed by atoms with Crippen LogP contribution in [0.3, 0.4) is 0 Å². The van der Waals surface area contributed by atoms with Gasteiger partial charge in [0.25, 0.3) is 0 Å². The Morgan fingerprint density at radius 3 is 2.82 bits per heavy atom. The van der Waals surface area contributed by atoms with E-state index in [1.807, 2.05) is 25.3 Å². The molecule has 0 saturated carbocycles. The Labute approximate surface area is 69.8 Å². The van der Waals surface area contributed by atoms with Crippen molar-refractivity contribution in [1.29, 1.82) is 0 Å². The van der Waals surface area contributed by atoms with Gasteiger partial charge in [-0.2, -0.15) is 0 Å². The topological polar surface area (TPSA) is 46.8 Å². The van der Waals surface area contributed by atoms with Crippen molar-refractivity contribution < 1.29 is 0 Å². The largest absolute Gasteiger partial charge is 0.290 e. The summed E-state index contributed by atoms with van der Waals surface area (Å²) in [6.45, 7) is 0.725. The van der Waals surface area contributed by atoms with Gasteiger partial charge in [-0.1, -0.05) is 11.8 Å². The van der Waals surface area contributed by atoms with E-state index >= 15 is 0 Å². The van der Waals surface area contributed by atoms with Crippen LogP contribution >= 0.6 is 11.8 Å². The summed E-state index contributed by atoms with van der Waals surface area (Å²) in [4.78, 5) is 2.01. The SMILES string of the molecule is CSc1nnnn1CN(C)C. The molecule has 0 atom stereocenters. The van der Waals surface area contributed by atoms with Crippen molar-refractivity contribution in [1.82, 2.24) is 25.1 Å². The predicted molar refractivity (Wildman–Crippen MR) is 43.3 cm³/mol. The molecule has 11 heavy (non-hydrogen) atoms. The molecule has 1 rings (SSSR count). The summed E-state index contributed by atoms with van der Waals surface area (Å²) < 4.78 is 1.75. The van der Waals surface area contributed by atoms with Crippen LogP contribution < -0.4 is 0 Å². The summed E-state index contributed by atoms with van der Waals surface area (Å²) in [7, 11) is 3.96. The highest BCUT2D eigenvalue weighted by atomic mass is 32.2. The number of rotatable bonds is 3. The van der Waals surface area contributed by atoms with Crippen LogP contribution in [0.25, 0.3) is 0 Å². The van der Waals surface area contributed by atoms with Crippen LogP contribution in [-0.2, 0) is 6.67 Å². The van der Waals surface area contributed by atoms with E-state index in [-0.39, 0.29) is 0 Å². The van der Waals surface area contributed by atoms with Gasteiger partial charge in [0.05, 0.1) is 6.67 Å². The second-order valence-electron chi connectivity index (χ2n) is 2.39. The molecule has 0 fully saturated rings. The van der Waals surface area contributed by atoms with E-state index in [9.17, 15) is 0 Å². The van der Waals surface area contributed by atoms with E-state index in [1.165, 1.54) is 0 Å². The first-order valence-electron chi connectivity index (χ1n) is 3.19. The average Bonchev–Trinajstić information content (AvgIpc) is 2.34. The van der Waals surface area contributed by atoms with E-state index in [4.69, 9.17) is 0 Å². The van der Waals surface area contributed by atoms with Crippen molar-refractivity contribution >= 4 is 11.8 Å². The molecule has 0 spiro atoms. The van der Waals surface area contributed by atoms with Crippen LogP contribution in [0.4, 0.5) is 0 Å². The van der Waals surface area contributed by atoms with E-state index in [0.717, 1.165) is 11.8 Å². The molecule has 0 bridgehead atoms. The maximum Gasteiger partial charge on any atom is 0.210 e. The molecule has 5 nitrogen and oxygen atoms in total. The zero-order chi connectivity index (χ0) is 8.27. The molecule has 0 unspecified atom stereocenters. The number of nitrogens with zero attached hydrogens (tertiary/aromatic N) is 5. The third-order valence-electron chi connectivity index (χ3n) is 1.10. The third kappa shape index (κ3) is 2.16. The smallest absolute Gasteiger partial charge is 0.210 e. The highest BCUT2D eigenvalue weighted by Gasteiger charge is 2.03. The van der Waals surface area contributed by atoms with Crippen LogP contribution in [0.5, 0.6) is 0 Å². The first kappa shape index (κ1) is 8.48. The molecular formula is C5H11N5S. The number of thioether (sulfide) groups is 1. The summed E-state index contributed by atoms with van der Waals surface area (Å²) in [5.74, 6) is 0. The molecule has 0 radical (unpaired) electrons. The average molecular weight is 173 g/mol. The Morgan fingerprint density at radius 2 is 2.27 bits per heavy atom. The van der Waals surface area contributed by atoms with Crippen LogP contribution in [0, 0.1) is 0 Å². The molecule has 0 N–H and O–H groups in total. The maximum atomic E-state index is 3.83. The van der Waals surface area contributed by atoms with Gasteiger partial charge in [-0.25, -0.2) is 4.68 Å². The van der Waals surface area contributed by atoms with Crippen molar-refractivity contribution in [2.24, 2.45) is 0 Å². The Bertz CT molecular complexity index is 220. The van der Waals surface area contributed by atoms with Crippen molar-refractivity contribution in [3.63, 3.8) is 0 Å². The molecule has 0 amide bonds. The molecule has 1 heterocycles. The number of aromatic nitrogens is 4. The van der Waals surface area contributed by atoms with Gasteiger partial charge < -0.3 is 0 Å². The molecule has 0 aromatic carbocycles. The lowest BCUT2D eigenvalue weighted by molar-refractivity contribution is 0.289. The van der Waals surface area contributed by atoms with Crippen molar-refractivity contribution in [2.45, 2.75) is 11.8 Å². The quantitative estimate of drug-likeness (QED) is 0.598. The molecular weight excluding hydrogens is 162 g/mol. The predicted octanol–water partition coefficient (Wildman–Crippen LogP) is -0.0859. The van der Waals surface area contributed by atoms with E-state index < -0.39 is 0 Å². The molecule has 1 aromatic rings. The van der Waals surface area contributed by atoms with Gasteiger partial charge in [0.2, 0.25) is 5.16 Å². The zero-order valence-corrected chi connectivity index (χ0v) is 7.67. The highest BCUT2D eigenvalue weighted by molar-refractivity contribution is 7.98. The maximum absolute atomic E-state index is 3.83. The van der Waals surface area contributed by atoms with E-state index in [0.29, 0.717) is 0 Å². The highest BCUT2D eigenvalue weighted by Crippen LogP contribution is 2.07. The van der Waals surface area contributed by atoms with Crippen LogP contribution in [0.15, 0.2) is 5.16 Å². The summed E-state index contributed by atoms with van der Waals surface area (Å²) in [6, 6.07) is 0. The summed E-state index contributed by atoms with van der Waals surface area (Å²) >= 11 is 1.54. The molecule has 1 aromatic heterocycles. The first-order valence-corrected chi connectivity index (χ1v) is 4.41. The third-order valence-corrected chi connectivity index (χ3v) is 1.76. The van der Waals surface area contributed by atoms with Gasteiger partial charge in [-0.15, -0.1) is 5.10 Å². The lowest BCUT2D eigenvalue weighted by Gasteiger charge is -2.08. The fourth-order valence-electron chi connectivity index (χ4n) is 0.699. The second kappa shape index (κ2) is 3.68.